The fourth-order valence-electron chi connectivity index (χ4n) is 3.38. The van der Waals surface area contributed by atoms with Crippen molar-refractivity contribution in [3.8, 4) is 11.5 Å². The first-order valence-corrected chi connectivity index (χ1v) is 11.9. The van der Waals surface area contributed by atoms with Crippen molar-refractivity contribution in [2.75, 3.05) is 0 Å². The average Bonchev–Trinajstić information content (AvgIpc) is 2.52. The first-order chi connectivity index (χ1) is 14.0. The zero-order valence-corrected chi connectivity index (χ0v) is 23.1. The van der Waals surface area contributed by atoms with Crippen LogP contribution in [0.1, 0.15) is 89.4 Å². The molecular weight excluding hydrogens is 410 g/mol. The van der Waals surface area contributed by atoms with E-state index in [9.17, 15) is 4.79 Å². The van der Waals surface area contributed by atoms with E-state index in [1.165, 1.54) is 5.56 Å². The minimum Gasteiger partial charge on any atom is -0.488 e. The van der Waals surface area contributed by atoms with Crippen LogP contribution in [0.4, 0.5) is 0 Å². The van der Waals surface area contributed by atoms with Crippen LogP contribution in [0.15, 0.2) is 30.3 Å². The van der Waals surface area contributed by atoms with Gasteiger partial charge in [-0.05, 0) is 98.2 Å². The second-order valence-corrected chi connectivity index (χ2v) is 12.5. The molecule has 32 heavy (non-hydrogen) atoms. The molecule has 2 rings (SSSR count). The molecule has 0 N–H and O–H groups in total. The number of aryl methyl sites for hydroxylation is 2. The van der Waals surface area contributed by atoms with E-state index in [1.54, 1.807) is 0 Å². The maximum absolute atomic E-state index is 13.4. The maximum Gasteiger partial charge on any atom is 1.00 e. The molecule has 0 fully saturated rings. The Bertz CT molecular complexity index is 937. The molecule has 0 heterocycles. The number of rotatable bonds is 5. The van der Waals surface area contributed by atoms with Crippen LogP contribution in [0.25, 0.3) is 0 Å². The molecule has 0 aromatic heterocycles. The molecule has 0 aliphatic rings. The Morgan fingerprint density at radius 2 is 1.28 bits per heavy atom. The summed E-state index contributed by atoms with van der Waals surface area (Å²) in [7, 11) is -0.0184. The van der Waals surface area contributed by atoms with Gasteiger partial charge in [0, 0.05) is 16.9 Å². The standard InChI is InChI=1S/C27H39O3P.Li/c1-17-14-19(25(3,4)5)15-18(2)23(17)24(28)31-22-13-12-20(29-26(6,7)8)16-21(22)30-27(9,10)11;/h12-16,31H,1-11H3;/q;+1. The number of hydrogen-bond donors (Lipinski definition) is 0. The summed E-state index contributed by atoms with van der Waals surface area (Å²) in [6.45, 7) is 22.7. The normalized spacial score (nSPS) is 12.6. The van der Waals surface area contributed by atoms with Gasteiger partial charge in [0.1, 0.15) is 22.7 Å². The summed E-state index contributed by atoms with van der Waals surface area (Å²) in [6.07, 6.45) is 0. The van der Waals surface area contributed by atoms with Gasteiger partial charge in [-0.1, -0.05) is 32.9 Å². The van der Waals surface area contributed by atoms with Crippen molar-refractivity contribution in [1.29, 1.82) is 0 Å². The number of hydrogen-bond acceptors (Lipinski definition) is 3. The molecule has 0 spiro atoms. The van der Waals surface area contributed by atoms with Crippen molar-refractivity contribution in [3.05, 3.63) is 52.6 Å². The number of carbonyl (C=O) groups is 1. The Hall–Kier alpha value is -1.26. The molecule has 3 nitrogen and oxygen atoms in total. The summed E-state index contributed by atoms with van der Waals surface area (Å²) in [5.41, 5.74) is 3.66. The first kappa shape index (κ1) is 28.8. The largest absolute Gasteiger partial charge is 1.00 e. The Labute approximate surface area is 209 Å². The number of benzene rings is 2. The van der Waals surface area contributed by atoms with Crippen LogP contribution < -0.4 is 33.6 Å². The van der Waals surface area contributed by atoms with Gasteiger partial charge in [-0.3, -0.25) is 4.79 Å². The van der Waals surface area contributed by atoms with E-state index in [2.05, 4.69) is 32.9 Å². The molecule has 2 aromatic carbocycles. The third-order valence-electron chi connectivity index (χ3n) is 4.67. The van der Waals surface area contributed by atoms with Crippen molar-refractivity contribution >= 4 is 19.4 Å². The predicted octanol–water partition coefficient (Wildman–Crippen LogP) is 4.10. The van der Waals surface area contributed by atoms with Gasteiger partial charge >= 0.3 is 18.9 Å². The molecule has 2 aromatic rings. The van der Waals surface area contributed by atoms with Gasteiger partial charge in [-0.15, -0.1) is 0 Å². The van der Waals surface area contributed by atoms with Gasteiger partial charge in [0.15, 0.2) is 5.52 Å². The van der Waals surface area contributed by atoms with Crippen LogP contribution in [0, 0.1) is 13.8 Å². The van der Waals surface area contributed by atoms with Crippen LogP contribution in [0.5, 0.6) is 11.5 Å². The molecule has 0 saturated carbocycles. The Morgan fingerprint density at radius 3 is 1.72 bits per heavy atom. The quantitative estimate of drug-likeness (QED) is 0.509. The van der Waals surface area contributed by atoms with E-state index < -0.39 is 0 Å². The third-order valence-corrected chi connectivity index (χ3v) is 5.83. The molecule has 0 saturated heterocycles. The van der Waals surface area contributed by atoms with Crippen LogP contribution >= 0.6 is 8.58 Å². The number of ether oxygens (including phenoxy) is 2. The van der Waals surface area contributed by atoms with Crippen molar-refractivity contribution in [2.45, 2.75) is 92.8 Å². The monoisotopic (exact) mass is 449 g/mol. The van der Waals surface area contributed by atoms with E-state index in [1.807, 2.05) is 73.6 Å². The second kappa shape index (κ2) is 10.3. The van der Waals surface area contributed by atoms with Crippen LogP contribution in [0.2, 0.25) is 0 Å². The van der Waals surface area contributed by atoms with Gasteiger partial charge in [-0.25, -0.2) is 0 Å². The summed E-state index contributed by atoms with van der Waals surface area (Å²) < 4.78 is 12.2. The van der Waals surface area contributed by atoms with Gasteiger partial charge in [-0.2, -0.15) is 0 Å². The molecule has 0 amide bonds. The fraction of sp³-hybridized carbons (Fsp3) is 0.519. The zero-order chi connectivity index (χ0) is 23.8. The smallest absolute Gasteiger partial charge is 0.488 e. The Balaban J connectivity index is 0.00000512. The molecule has 1 unspecified atom stereocenters. The zero-order valence-electron chi connectivity index (χ0n) is 22.1. The molecular formula is C27H39LiO3P+. The Morgan fingerprint density at radius 1 is 0.781 bits per heavy atom. The van der Waals surface area contributed by atoms with E-state index in [4.69, 9.17) is 9.47 Å². The SMILES string of the molecule is Cc1cc(C(C)(C)C)cc(C)c1C(=O)Pc1ccc(OC(C)(C)C)cc1OC(C)(C)C.[Li+]. The van der Waals surface area contributed by atoms with Gasteiger partial charge in [0.25, 0.3) is 0 Å². The van der Waals surface area contributed by atoms with E-state index in [0.717, 1.165) is 27.7 Å². The average molecular weight is 450 g/mol. The summed E-state index contributed by atoms with van der Waals surface area (Å²) in [4.78, 5) is 13.4. The third kappa shape index (κ3) is 8.26. The second-order valence-electron chi connectivity index (χ2n) is 11.3. The van der Waals surface area contributed by atoms with Crippen molar-refractivity contribution in [1.82, 2.24) is 0 Å². The van der Waals surface area contributed by atoms with Crippen molar-refractivity contribution < 1.29 is 33.1 Å². The van der Waals surface area contributed by atoms with Crippen LogP contribution in [-0.2, 0) is 5.41 Å². The molecule has 5 heteroatoms. The van der Waals surface area contributed by atoms with Crippen LogP contribution in [0.3, 0.4) is 0 Å². The van der Waals surface area contributed by atoms with Gasteiger partial charge in [0.05, 0.1) is 0 Å². The maximum atomic E-state index is 13.4. The molecule has 0 aliphatic heterocycles. The van der Waals surface area contributed by atoms with E-state index >= 15 is 0 Å². The minimum absolute atomic E-state index is 0. The fourth-order valence-corrected chi connectivity index (χ4v) is 4.55. The minimum atomic E-state index is -0.372. The molecule has 1 atom stereocenters. The Kier molecular flexibility index (Phi) is 9.30. The summed E-state index contributed by atoms with van der Waals surface area (Å²) in [5, 5.41) is 0.903. The van der Waals surface area contributed by atoms with Gasteiger partial charge in [0.2, 0.25) is 0 Å². The summed E-state index contributed by atoms with van der Waals surface area (Å²) in [6, 6.07) is 10.1. The number of carbonyl (C=O) groups excluding carboxylic acids is 1. The first-order valence-electron chi connectivity index (χ1n) is 10.9. The molecule has 0 radical (unpaired) electrons. The topological polar surface area (TPSA) is 35.5 Å². The predicted molar refractivity (Wildman–Crippen MR) is 134 cm³/mol. The van der Waals surface area contributed by atoms with E-state index in [-0.39, 0.29) is 49.6 Å². The summed E-state index contributed by atoms with van der Waals surface area (Å²) >= 11 is 0. The van der Waals surface area contributed by atoms with Gasteiger partial charge < -0.3 is 9.47 Å². The molecule has 0 bridgehead atoms. The van der Waals surface area contributed by atoms with Crippen LogP contribution in [-0.4, -0.2) is 16.7 Å². The van der Waals surface area contributed by atoms with Crippen molar-refractivity contribution in [3.63, 3.8) is 0 Å². The van der Waals surface area contributed by atoms with Crippen molar-refractivity contribution in [2.24, 2.45) is 0 Å². The summed E-state index contributed by atoms with van der Waals surface area (Å²) in [5.74, 6) is 1.46. The molecule has 170 valence electrons. The molecule has 0 aliphatic carbocycles. The van der Waals surface area contributed by atoms with E-state index in [0.29, 0.717) is 5.75 Å².